The Hall–Kier alpha value is -2.75. The molecule has 8 nitrogen and oxygen atoms in total. The number of benzene rings is 1. The van der Waals surface area contributed by atoms with Crippen molar-refractivity contribution < 1.29 is 24.2 Å². The van der Waals surface area contributed by atoms with E-state index in [1.54, 1.807) is 11.3 Å². The van der Waals surface area contributed by atoms with E-state index < -0.39 is 18.6 Å². The summed E-state index contributed by atoms with van der Waals surface area (Å²) in [5.41, 5.74) is 5.03. The summed E-state index contributed by atoms with van der Waals surface area (Å²) in [6.07, 6.45) is 0.123. The highest BCUT2D eigenvalue weighted by Gasteiger charge is 2.19. The second-order valence-electron chi connectivity index (χ2n) is 8.59. The third-order valence-corrected chi connectivity index (χ3v) is 6.31. The van der Waals surface area contributed by atoms with Crippen LogP contribution in [0.4, 0.5) is 0 Å². The van der Waals surface area contributed by atoms with Gasteiger partial charge in [-0.3, -0.25) is 4.79 Å². The summed E-state index contributed by atoms with van der Waals surface area (Å²) in [5.74, 6) is 1.65. The minimum atomic E-state index is -0.896. The summed E-state index contributed by atoms with van der Waals surface area (Å²) in [6.45, 7) is 9.71. The maximum absolute atomic E-state index is 11.1. The van der Waals surface area contributed by atoms with Crippen LogP contribution in [0.15, 0.2) is 21.9 Å². The summed E-state index contributed by atoms with van der Waals surface area (Å²) >= 11 is 1.62. The highest BCUT2D eigenvalue weighted by Crippen LogP contribution is 2.35. The van der Waals surface area contributed by atoms with E-state index in [2.05, 4.69) is 41.7 Å². The molecule has 3 aromatic rings. The molecule has 0 fully saturated rings. The summed E-state index contributed by atoms with van der Waals surface area (Å²) in [4.78, 5) is 12.1. The molecule has 1 aromatic carbocycles. The first-order valence-corrected chi connectivity index (χ1v) is 11.8. The number of nitrogens with one attached hydrogen (secondary N) is 1. The Bertz CT molecular complexity index is 1080. The predicted molar refractivity (Wildman–Crippen MR) is 127 cm³/mol. The third-order valence-electron chi connectivity index (χ3n) is 5.19. The van der Waals surface area contributed by atoms with Crippen molar-refractivity contribution >= 4 is 17.2 Å². The predicted octanol–water partition coefficient (Wildman–Crippen LogP) is 3.44. The average molecular weight is 474 g/mol. The summed E-state index contributed by atoms with van der Waals surface area (Å²) < 4.78 is 11.8. The fraction of sp³-hybridized carbons (Fsp3) is 0.458. The Labute approximate surface area is 197 Å². The van der Waals surface area contributed by atoms with Crippen molar-refractivity contribution in [2.75, 3.05) is 19.8 Å². The average Bonchev–Trinajstić information content (AvgIpc) is 3.38. The fourth-order valence-electron chi connectivity index (χ4n) is 3.56. The Morgan fingerprint density at radius 3 is 2.48 bits per heavy atom. The number of carbonyl (C=O) groups is 1. The van der Waals surface area contributed by atoms with Gasteiger partial charge in [-0.25, -0.2) is 0 Å². The molecule has 0 saturated heterocycles. The number of thiophene rings is 1. The minimum absolute atomic E-state index is 0.00134. The molecule has 0 spiro atoms. The molecule has 33 heavy (non-hydrogen) atoms. The molecule has 0 aliphatic carbocycles. The number of aryl methyl sites for hydroxylation is 2. The Balaban J connectivity index is 1.72. The zero-order valence-corrected chi connectivity index (χ0v) is 20.5. The molecule has 3 N–H and O–H groups in total. The third kappa shape index (κ3) is 6.19. The molecule has 0 bridgehead atoms. The van der Waals surface area contributed by atoms with Gasteiger partial charge in [-0.1, -0.05) is 13.8 Å². The van der Waals surface area contributed by atoms with Crippen LogP contribution in [-0.2, 0) is 11.2 Å². The Kier molecular flexibility index (Phi) is 8.23. The second kappa shape index (κ2) is 10.9. The van der Waals surface area contributed by atoms with Crippen LogP contribution in [0, 0.1) is 26.7 Å². The number of aromatic nitrogens is 2. The van der Waals surface area contributed by atoms with E-state index in [0.717, 1.165) is 28.0 Å². The van der Waals surface area contributed by atoms with Gasteiger partial charge in [-0.15, -0.1) is 21.5 Å². The van der Waals surface area contributed by atoms with E-state index in [1.807, 2.05) is 26.0 Å². The summed E-state index contributed by atoms with van der Waals surface area (Å²) in [6, 6.07) is 3.82. The molecule has 1 atom stereocenters. The van der Waals surface area contributed by atoms with Crippen molar-refractivity contribution in [2.45, 2.75) is 47.1 Å². The lowest BCUT2D eigenvalue weighted by Gasteiger charge is -2.16. The van der Waals surface area contributed by atoms with Gasteiger partial charge in [-0.2, -0.15) is 0 Å². The number of hydrogen-bond acceptors (Lipinski definition) is 8. The number of rotatable bonds is 10. The van der Waals surface area contributed by atoms with Gasteiger partial charge >= 0.3 is 0 Å². The zero-order chi connectivity index (χ0) is 24.1. The Morgan fingerprint density at radius 2 is 1.85 bits per heavy atom. The molecule has 3 rings (SSSR count). The van der Waals surface area contributed by atoms with Gasteiger partial charge in [0, 0.05) is 12.1 Å². The van der Waals surface area contributed by atoms with E-state index in [0.29, 0.717) is 23.4 Å². The standard InChI is InChI=1S/C24H31N3O5S/c1-13(2)6-18-12-33-22(16(18)5)24-27-26-23(32-24)17-7-14(3)21(15(4)8-17)31-11-19(29)9-25-20(30)10-28/h7-8,12-13,19,28-29H,6,9-11H2,1-5H3,(H,25,30). The van der Waals surface area contributed by atoms with Crippen molar-refractivity contribution in [3.05, 3.63) is 39.8 Å². The van der Waals surface area contributed by atoms with Gasteiger partial charge < -0.3 is 24.7 Å². The molecule has 1 amide bonds. The normalized spacial score (nSPS) is 12.2. The van der Waals surface area contributed by atoms with E-state index in [9.17, 15) is 9.90 Å². The van der Waals surface area contributed by atoms with Crippen LogP contribution in [0.3, 0.4) is 0 Å². The summed E-state index contributed by atoms with van der Waals surface area (Å²) in [7, 11) is 0. The first-order valence-electron chi connectivity index (χ1n) is 10.9. The van der Waals surface area contributed by atoms with Crippen LogP contribution in [0.1, 0.15) is 36.1 Å². The van der Waals surface area contributed by atoms with E-state index >= 15 is 0 Å². The maximum Gasteiger partial charge on any atom is 0.258 e. The highest BCUT2D eigenvalue weighted by atomic mass is 32.1. The molecular weight excluding hydrogens is 442 g/mol. The SMILES string of the molecule is Cc1cc(-c2nnc(-c3scc(CC(C)C)c3C)o2)cc(C)c1OCC(O)CNC(=O)CO. The molecule has 178 valence electrons. The van der Waals surface area contributed by atoms with Gasteiger partial charge in [0.25, 0.3) is 5.89 Å². The molecule has 2 aromatic heterocycles. The first kappa shape index (κ1) is 24.9. The lowest BCUT2D eigenvalue weighted by Crippen LogP contribution is -2.36. The molecule has 0 aliphatic heterocycles. The van der Waals surface area contributed by atoms with Crippen LogP contribution in [0.25, 0.3) is 22.2 Å². The molecule has 0 aliphatic rings. The largest absolute Gasteiger partial charge is 0.490 e. The number of hydrogen-bond donors (Lipinski definition) is 3. The Morgan fingerprint density at radius 1 is 1.18 bits per heavy atom. The van der Waals surface area contributed by atoms with Crippen molar-refractivity contribution in [3.63, 3.8) is 0 Å². The summed E-state index contributed by atoms with van der Waals surface area (Å²) in [5, 5.41) is 31.8. The van der Waals surface area contributed by atoms with Crippen molar-refractivity contribution in [3.8, 4) is 28.0 Å². The molecule has 2 heterocycles. The van der Waals surface area contributed by atoms with Crippen LogP contribution in [0.5, 0.6) is 5.75 Å². The van der Waals surface area contributed by atoms with E-state index in [4.69, 9.17) is 14.3 Å². The van der Waals surface area contributed by atoms with Gasteiger partial charge in [0.2, 0.25) is 11.8 Å². The quantitative estimate of drug-likeness (QED) is 0.413. The fourth-order valence-corrected chi connectivity index (χ4v) is 4.59. The van der Waals surface area contributed by atoms with Gasteiger partial charge in [-0.05, 0) is 72.9 Å². The van der Waals surface area contributed by atoms with Crippen LogP contribution in [-0.4, -0.2) is 52.2 Å². The number of amides is 1. The number of carbonyl (C=O) groups excluding carboxylic acids is 1. The molecule has 9 heteroatoms. The van der Waals surface area contributed by atoms with Crippen molar-refractivity contribution in [1.29, 1.82) is 0 Å². The molecule has 1 unspecified atom stereocenters. The number of nitrogens with zero attached hydrogens (tertiary/aromatic N) is 2. The number of ether oxygens (including phenoxy) is 1. The van der Waals surface area contributed by atoms with Crippen molar-refractivity contribution in [1.82, 2.24) is 15.5 Å². The minimum Gasteiger partial charge on any atom is -0.490 e. The lowest BCUT2D eigenvalue weighted by atomic mass is 10.0. The van der Waals surface area contributed by atoms with Crippen LogP contribution in [0.2, 0.25) is 0 Å². The van der Waals surface area contributed by atoms with E-state index in [-0.39, 0.29) is 13.2 Å². The molecular formula is C24H31N3O5S. The first-order chi connectivity index (χ1) is 15.7. The van der Waals surface area contributed by atoms with Crippen molar-refractivity contribution in [2.24, 2.45) is 5.92 Å². The number of aliphatic hydroxyl groups excluding tert-OH is 2. The van der Waals surface area contributed by atoms with Gasteiger partial charge in [0.05, 0.1) is 4.88 Å². The monoisotopic (exact) mass is 473 g/mol. The zero-order valence-electron chi connectivity index (χ0n) is 19.6. The molecule has 0 saturated carbocycles. The topological polar surface area (TPSA) is 118 Å². The second-order valence-corrected chi connectivity index (χ2v) is 9.47. The van der Waals surface area contributed by atoms with E-state index in [1.165, 1.54) is 11.1 Å². The smallest absolute Gasteiger partial charge is 0.258 e. The van der Waals surface area contributed by atoms with Crippen LogP contribution >= 0.6 is 11.3 Å². The lowest BCUT2D eigenvalue weighted by molar-refractivity contribution is -0.124. The van der Waals surface area contributed by atoms with Crippen LogP contribution < -0.4 is 10.1 Å². The van der Waals surface area contributed by atoms with Gasteiger partial charge in [0.1, 0.15) is 25.1 Å². The molecule has 0 radical (unpaired) electrons. The van der Waals surface area contributed by atoms with Gasteiger partial charge in [0.15, 0.2) is 0 Å². The maximum atomic E-state index is 11.1. The highest BCUT2D eigenvalue weighted by molar-refractivity contribution is 7.13. The number of aliphatic hydroxyl groups is 2.